The van der Waals surface area contributed by atoms with Crippen LogP contribution in [-0.4, -0.2) is 22.7 Å². The summed E-state index contributed by atoms with van der Waals surface area (Å²) in [5.74, 6) is -2.28. The number of hydrogen-bond donors (Lipinski definition) is 2. The van der Waals surface area contributed by atoms with E-state index in [0.717, 1.165) is 4.90 Å². The number of aromatic nitrogens is 1. The summed E-state index contributed by atoms with van der Waals surface area (Å²) >= 11 is 0. The number of nitrogens with two attached hydrogens (primary N) is 1. The molecule has 2 aromatic rings. The Bertz CT molecular complexity index is 773. The van der Waals surface area contributed by atoms with Gasteiger partial charge >= 0.3 is 11.8 Å². The van der Waals surface area contributed by atoms with Gasteiger partial charge in [-0.25, -0.2) is 9.88 Å². The second-order valence-corrected chi connectivity index (χ2v) is 4.88. The molecular formula is C16H16N4O3. The van der Waals surface area contributed by atoms with Gasteiger partial charge in [0.2, 0.25) is 5.91 Å². The molecular weight excluding hydrogens is 296 g/mol. The number of amides is 3. The number of nitrogens with zero attached hydrogens (tertiary/aromatic N) is 2. The van der Waals surface area contributed by atoms with Gasteiger partial charge in [-0.15, -0.1) is 0 Å². The molecule has 1 aromatic heterocycles. The summed E-state index contributed by atoms with van der Waals surface area (Å²) in [5, 5.41) is 2.40. The van der Waals surface area contributed by atoms with Crippen LogP contribution in [0.5, 0.6) is 0 Å². The monoisotopic (exact) mass is 312 g/mol. The number of anilines is 3. The minimum atomic E-state index is -1.01. The second kappa shape index (κ2) is 6.69. The van der Waals surface area contributed by atoms with E-state index in [-0.39, 0.29) is 11.5 Å². The highest BCUT2D eigenvalue weighted by molar-refractivity contribution is 6.48. The number of nitrogens with one attached hydrogen (secondary N) is 1. The van der Waals surface area contributed by atoms with Gasteiger partial charge in [0.1, 0.15) is 5.82 Å². The van der Waals surface area contributed by atoms with Gasteiger partial charge in [0, 0.05) is 18.8 Å². The number of hydrogen-bond acceptors (Lipinski definition) is 5. The summed E-state index contributed by atoms with van der Waals surface area (Å²) in [6, 6.07) is 9.63. The quantitative estimate of drug-likeness (QED) is 0.645. The molecule has 118 valence electrons. The predicted molar refractivity (Wildman–Crippen MR) is 86.6 cm³/mol. The van der Waals surface area contributed by atoms with Crippen LogP contribution in [-0.2, 0) is 14.4 Å². The first kappa shape index (κ1) is 16.2. The number of benzene rings is 1. The number of pyridine rings is 1. The lowest BCUT2D eigenvalue weighted by atomic mass is 10.2. The van der Waals surface area contributed by atoms with Gasteiger partial charge in [0.15, 0.2) is 0 Å². The molecule has 0 aliphatic heterocycles. The topological polar surface area (TPSA) is 105 Å². The molecule has 0 unspecified atom stereocenters. The molecule has 0 spiro atoms. The van der Waals surface area contributed by atoms with E-state index in [2.05, 4.69) is 10.3 Å². The highest BCUT2D eigenvalue weighted by Crippen LogP contribution is 2.18. The smallest absolute Gasteiger partial charge is 0.323 e. The molecule has 2 rings (SSSR count). The first-order valence-electron chi connectivity index (χ1n) is 6.83. The first-order valence-corrected chi connectivity index (χ1v) is 6.83. The van der Waals surface area contributed by atoms with Crippen molar-refractivity contribution in [3.63, 3.8) is 0 Å². The molecule has 0 bridgehead atoms. The molecule has 0 radical (unpaired) electrons. The Kier molecular flexibility index (Phi) is 4.70. The Morgan fingerprint density at radius 1 is 1.17 bits per heavy atom. The van der Waals surface area contributed by atoms with Crippen LogP contribution in [0.15, 0.2) is 42.6 Å². The lowest BCUT2D eigenvalue weighted by Crippen LogP contribution is -2.43. The minimum absolute atomic E-state index is 0.232. The fourth-order valence-electron chi connectivity index (χ4n) is 1.99. The maximum atomic E-state index is 12.3. The fourth-order valence-corrected chi connectivity index (χ4v) is 1.99. The van der Waals surface area contributed by atoms with E-state index in [0.29, 0.717) is 11.3 Å². The van der Waals surface area contributed by atoms with E-state index in [1.165, 1.54) is 25.3 Å². The van der Waals surface area contributed by atoms with Crippen LogP contribution in [0.3, 0.4) is 0 Å². The maximum Gasteiger partial charge on any atom is 0.323 e. The van der Waals surface area contributed by atoms with Gasteiger partial charge in [0.25, 0.3) is 0 Å². The Morgan fingerprint density at radius 3 is 2.52 bits per heavy atom. The maximum absolute atomic E-state index is 12.3. The van der Waals surface area contributed by atoms with Crippen LogP contribution in [0, 0.1) is 6.92 Å². The lowest BCUT2D eigenvalue weighted by molar-refractivity contribution is -0.136. The molecule has 23 heavy (non-hydrogen) atoms. The van der Waals surface area contributed by atoms with Crippen LogP contribution < -0.4 is 16.0 Å². The summed E-state index contributed by atoms with van der Waals surface area (Å²) in [4.78, 5) is 41.0. The molecule has 3 N–H and O–H groups in total. The molecule has 0 aliphatic rings. The molecule has 1 aromatic carbocycles. The van der Waals surface area contributed by atoms with Gasteiger partial charge in [-0.3, -0.25) is 14.4 Å². The van der Waals surface area contributed by atoms with Gasteiger partial charge < -0.3 is 11.1 Å². The zero-order chi connectivity index (χ0) is 17.0. The van der Waals surface area contributed by atoms with Crippen molar-refractivity contribution in [2.75, 3.05) is 16.0 Å². The normalized spacial score (nSPS) is 10.0. The van der Waals surface area contributed by atoms with Crippen molar-refractivity contribution < 1.29 is 14.4 Å². The van der Waals surface area contributed by atoms with Crippen molar-refractivity contribution in [2.45, 2.75) is 13.8 Å². The van der Waals surface area contributed by atoms with Crippen molar-refractivity contribution in [1.29, 1.82) is 0 Å². The first-order chi connectivity index (χ1) is 10.9. The number of rotatable bonds is 2. The Balaban J connectivity index is 2.26. The van der Waals surface area contributed by atoms with E-state index in [4.69, 9.17) is 5.73 Å². The van der Waals surface area contributed by atoms with Crippen LogP contribution in [0.25, 0.3) is 0 Å². The molecule has 0 fully saturated rings. The molecule has 0 aliphatic carbocycles. The summed E-state index contributed by atoms with van der Waals surface area (Å²) in [5.41, 5.74) is 6.97. The largest absolute Gasteiger partial charge is 0.399 e. The van der Waals surface area contributed by atoms with Crippen molar-refractivity contribution in [1.82, 2.24) is 4.98 Å². The van der Waals surface area contributed by atoms with Gasteiger partial charge in [-0.2, -0.15) is 0 Å². The number of nitrogen functional groups attached to an aromatic ring is 1. The van der Waals surface area contributed by atoms with Crippen LogP contribution >= 0.6 is 0 Å². The van der Waals surface area contributed by atoms with Crippen LogP contribution in [0.1, 0.15) is 12.5 Å². The van der Waals surface area contributed by atoms with Gasteiger partial charge in [0.05, 0.1) is 5.69 Å². The number of aryl methyl sites for hydroxylation is 1. The highest BCUT2D eigenvalue weighted by Gasteiger charge is 2.27. The predicted octanol–water partition coefficient (Wildman–Crippen LogP) is 1.49. The van der Waals surface area contributed by atoms with E-state index >= 15 is 0 Å². The summed E-state index contributed by atoms with van der Waals surface area (Å²) in [6.07, 6.45) is 1.49. The van der Waals surface area contributed by atoms with Crippen molar-refractivity contribution in [3.05, 3.63) is 48.2 Å². The number of carbonyl (C=O) groups excluding carboxylic acids is 3. The molecule has 0 saturated heterocycles. The third kappa shape index (κ3) is 3.70. The van der Waals surface area contributed by atoms with E-state index < -0.39 is 17.7 Å². The van der Waals surface area contributed by atoms with Gasteiger partial charge in [-0.1, -0.05) is 12.1 Å². The number of imide groups is 1. The summed E-state index contributed by atoms with van der Waals surface area (Å²) in [7, 11) is 0. The molecule has 3 amide bonds. The molecule has 7 nitrogen and oxygen atoms in total. The Morgan fingerprint density at radius 2 is 1.91 bits per heavy atom. The molecule has 0 saturated carbocycles. The molecule has 0 atom stereocenters. The average molecular weight is 312 g/mol. The van der Waals surface area contributed by atoms with E-state index in [1.54, 1.807) is 31.2 Å². The Hall–Kier alpha value is -3.22. The average Bonchev–Trinajstić information content (AvgIpc) is 2.49. The molecule has 1 heterocycles. The SMILES string of the molecule is CC(=O)N(C(=O)C(=O)Nc1ncccc1C)c1cccc(N)c1. The van der Waals surface area contributed by atoms with E-state index in [1.807, 2.05) is 0 Å². The third-order valence-corrected chi connectivity index (χ3v) is 3.08. The minimum Gasteiger partial charge on any atom is -0.399 e. The highest BCUT2D eigenvalue weighted by atomic mass is 16.2. The number of carbonyl (C=O) groups is 3. The van der Waals surface area contributed by atoms with Crippen LogP contribution in [0.2, 0.25) is 0 Å². The lowest BCUT2D eigenvalue weighted by Gasteiger charge is -2.19. The third-order valence-electron chi connectivity index (χ3n) is 3.08. The fraction of sp³-hybridized carbons (Fsp3) is 0.125. The Labute approximate surface area is 133 Å². The van der Waals surface area contributed by atoms with Crippen molar-refractivity contribution in [2.24, 2.45) is 0 Å². The zero-order valence-corrected chi connectivity index (χ0v) is 12.7. The van der Waals surface area contributed by atoms with Crippen molar-refractivity contribution in [3.8, 4) is 0 Å². The summed E-state index contributed by atoms with van der Waals surface area (Å²) < 4.78 is 0. The molecule has 7 heteroatoms. The summed E-state index contributed by atoms with van der Waals surface area (Å²) in [6.45, 7) is 2.94. The van der Waals surface area contributed by atoms with Gasteiger partial charge in [-0.05, 0) is 36.8 Å². The van der Waals surface area contributed by atoms with E-state index in [9.17, 15) is 14.4 Å². The van der Waals surface area contributed by atoms with Crippen molar-refractivity contribution >= 4 is 34.9 Å². The second-order valence-electron chi connectivity index (χ2n) is 4.88. The zero-order valence-electron chi connectivity index (χ0n) is 12.7. The standard InChI is InChI=1S/C16H16N4O3/c1-10-5-4-8-18-14(10)19-15(22)16(23)20(11(2)21)13-7-3-6-12(17)9-13/h3-9H,17H2,1-2H3,(H,18,19,22). The van der Waals surface area contributed by atoms with Crippen LogP contribution in [0.4, 0.5) is 17.2 Å².